The van der Waals surface area contributed by atoms with Crippen molar-refractivity contribution in [1.29, 1.82) is 5.41 Å². The molecule has 1 N–H and O–H groups in total. The minimum Gasteiger partial charge on any atom is -0.305 e. The molecule has 0 amide bonds. The summed E-state index contributed by atoms with van der Waals surface area (Å²) < 4.78 is 0. The van der Waals surface area contributed by atoms with Crippen molar-refractivity contribution in [3.8, 4) is 0 Å². The van der Waals surface area contributed by atoms with Crippen molar-refractivity contribution in [2.75, 3.05) is 0 Å². The predicted molar refractivity (Wildman–Crippen MR) is 67.2 cm³/mol. The molecule has 2 aromatic rings. The van der Waals surface area contributed by atoms with Gasteiger partial charge in [0, 0.05) is 5.56 Å². The third-order valence-corrected chi connectivity index (χ3v) is 2.40. The molecule has 0 saturated carbocycles. The van der Waals surface area contributed by atoms with Crippen LogP contribution in [0.4, 0.5) is 0 Å². The highest BCUT2D eigenvalue weighted by molar-refractivity contribution is 6.33. The van der Waals surface area contributed by atoms with E-state index in [0.29, 0.717) is 11.8 Å². The Morgan fingerprint density at radius 2 is 1.61 bits per heavy atom. The first kappa shape index (κ1) is 11.9. The Kier molecular flexibility index (Phi) is 3.38. The second-order valence-electron chi connectivity index (χ2n) is 3.61. The molecule has 0 spiro atoms. The lowest BCUT2D eigenvalue weighted by molar-refractivity contribution is 0.103. The molecule has 0 unspecified atom stereocenters. The zero-order chi connectivity index (χ0) is 13.0. The van der Waals surface area contributed by atoms with Gasteiger partial charge in [-0.05, 0) is 12.1 Å². The van der Waals surface area contributed by atoms with Crippen molar-refractivity contribution >= 4 is 17.8 Å². The molecule has 0 atom stereocenters. The Balaban J connectivity index is 2.37. The van der Waals surface area contributed by atoms with Gasteiger partial charge >= 0.3 is 0 Å². The Morgan fingerprint density at radius 1 is 0.944 bits per heavy atom. The lowest BCUT2D eigenvalue weighted by Gasteiger charge is -2.01. The largest absolute Gasteiger partial charge is 0.305 e. The van der Waals surface area contributed by atoms with Gasteiger partial charge in [0.15, 0.2) is 0 Å². The van der Waals surface area contributed by atoms with E-state index in [2.05, 4.69) is 4.98 Å². The van der Waals surface area contributed by atoms with E-state index in [1.54, 1.807) is 36.4 Å². The van der Waals surface area contributed by atoms with Crippen LogP contribution in [-0.4, -0.2) is 22.8 Å². The van der Waals surface area contributed by atoms with Gasteiger partial charge in [-0.1, -0.05) is 36.4 Å². The van der Waals surface area contributed by atoms with E-state index >= 15 is 0 Å². The van der Waals surface area contributed by atoms with Gasteiger partial charge in [-0.25, -0.2) is 4.98 Å². The van der Waals surface area contributed by atoms with Gasteiger partial charge < -0.3 is 5.41 Å². The summed E-state index contributed by atoms with van der Waals surface area (Å²) in [5.41, 5.74) is 0.824. The topological polar surface area (TPSA) is 70.9 Å². The Labute approximate surface area is 104 Å². The number of carbonyl (C=O) groups is 2. The van der Waals surface area contributed by atoms with Crippen LogP contribution >= 0.6 is 0 Å². The van der Waals surface area contributed by atoms with E-state index in [-0.39, 0.29) is 17.2 Å². The number of rotatable bonds is 4. The molecule has 18 heavy (non-hydrogen) atoms. The van der Waals surface area contributed by atoms with Crippen molar-refractivity contribution in [2.45, 2.75) is 0 Å². The van der Waals surface area contributed by atoms with Crippen LogP contribution in [0.5, 0.6) is 0 Å². The fourth-order valence-corrected chi connectivity index (χ4v) is 1.51. The zero-order valence-corrected chi connectivity index (χ0v) is 9.46. The number of nitrogens with zero attached hydrogens (tertiary/aromatic N) is 1. The highest BCUT2D eigenvalue weighted by Gasteiger charge is 2.12. The Hall–Kier alpha value is -2.62. The molecule has 0 aliphatic heterocycles. The first-order chi connectivity index (χ1) is 8.72. The predicted octanol–water partition coefficient (Wildman–Crippen LogP) is 2.14. The van der Waals surface area contributed by atoms with Gasteiger partial charge in [0.2, 0.25) is 11.6 Å². The van der Waals surface area contributed by atoms with Crippen LogP contribution in [0.25, 0.3) is 0 Å². The highest BCUT2D eigenvalue weighted by Crippen LogP contribution is 2.08. The van der Waals surface area contributed by atoms with Crippen molar-refractivity contribution in [2.24, 2.45) is 0 Å². The maximum atomic E-state index is 12.1. The normalized spacial score (nSPS) is 9.78. The number of Topliss-reactive ketones (excluding diaryl/α,β-unsaturated/α-hetero) is 1. The SMILES string of the molecule is N=CC(=O)c1cccc(C(=O)c2ccccc2)n1. The number of hydrogen-bond donors (Lipinski definition) is 1. The summed E-state index contributed by atoms with van der Waals surface area (Å²) in [5.74, 6) is -0.757. The second-order valence-corrected chi connectivity index (χ2v) is 3.61. The van der Waals surface area contributed by atoms with Gasteiger partial charge in [-0.15, -0.1) is 0 Å². The van der Waals surface area contributed by atoms with E-state index in [1.165, 1.54) is 6.07 Å². The number of hydrogen-bond acceptors (Lipinski definition) is 4. The van der Waals surface area contributed by atoms with Gasteiger partial charge in [-0.3, -0.25) is 9.59 Å². The molecule has 88 valence electrons. The van der Waals surface area contributed by atoms with E-state index in [9.17, 15) is 9.59 Å². The molecule has 0 saturated heterocycles. The average Bonchev–Trinajstić information content (AvgIpc) is 2.46. The molecular formula is C14H10N2O2. The molecular weight excluding hydrogens is 228 g/mol. The average molecular weight is 238 g/mol. The quantitative estimate of drug-likeness (QED) is 0.655. The van der Waals surface area contributed by atoms with Gasteiger partial charge in [-0.2, -0.15) is 0 Å². The lowest BCUT2D eigenvalue weighted by Crippen LogP contribution is -2.09. The maximum absolute atomic E-state index is 12.1. The maximum Gasteiger partial charge on any atom is 0.221 e. The standard InChI is InChI=1S/C14H10N2O2/c15-9-13(17)11-7-4-8-12(16-11)14(18)10-5-2-1-3-6-10/h1-9,15H. The smallest absolute Gasteiger partial charge is 0.221 e. The molecule has 4 heteroatoms. The first-order valence-electron chi connectivity index (χ1n) is 5.34. The molecule has 0 aliphatic rings. The van der Waals surface area contributed by atoms with Crippen LogP contribution < -0.4 is 0 Å². The lowest BCUT2D eigenvalue weighted by atomic mass is 10.1. The Bertz CT molecular complexity index is 606. The van der Waals surface area contributed by atoms with Crippen molar-refractivity contribution < 1.29 is 9.59 Å². The first-order valence-corrected chi connectivity index (χ1v) is 5.34. The number of nitrogens with one attached hydrogen (secondary N) is 1. The van der Waals surface area contributed by atoms with Crippen LogP contribution in [0.1, 0.15) is 26.5 Å². The van der Waals surface area contributed by atoms with Gasteiger partial charge in [0.1, 0.15) is 11.4 Å². The molecule has 0 radical (unpaired) electrons. The zero-order valence-electron chi connectivity index (χ0n) is 9.46. The number of benzene rings is 1. The van der Waals surface area contributed by atoms with Crippen LogP contribution in [0.2, 0.25) is 0 Å². The van der Waals surface area contributed by atoms with Gasteiger partial charge in [0.05, 0.1) is 6.21 Å². The highest BCUT2D eigenvalue weighted by atomic mass is 16.1. The molecule has 2 rings (SSSR count). The van der Waals surface area contributed by atoms with E-state index in [1.807, 2.05) is 6.07 Å². The number of aromatic nitrogens is 1. The van der Waals surface area contributed by atoms with E-state index < -0.39 is 5.78 Å². The van der Waals surface area contributed by atoms with Crippen LogP contribution in [0.15, 0.2) is 48.5 Å². The molecule has 1 heterocycles. The fourth-order valence-electron chi connectivity index (χ4n) is 1.51. The van der Waals surface area contributed by atoms with E-state index in [0.717, 1.165) is 0 Å². The molecule has 1 aromatic heterocycles. The minimum absolute atomic E-state index is 0.104. The summed E-state index contributed by atoms with van der Waals surface area (Å²) in [6, 6.07) is 13.3. The minimum atomic E-state index is -0.516. The summed E-state index contributed by atoms with van der Waals surface area (Å²) in [6.07, 6.45) is 0.680. The number of carbonyl (C=O) groups excluding carboxylic acids is 2. The molecule has 0 fully saturated rings. The summed E-state index contributed by atoms with van der Waals surface area (Å²) in [7, 11) is 0. The van der Waals surface area contributed by atoms with Crippen LogP contribution in [-0.2, 0) is 0 Å². The summed E-state index contributed by atoms with van der Waals surface area (Å²) in [6.45, 7) is 0. The summed E-state index contributed by atoms with van der Waals surface area (Å²) in [5, 5.41) is 6.89. The number of pyridine rings is 1. The van der Waals surface area contributed by atoms with Gasteiger partial charge in [0.25, 0.3) is 0 Å². The molecule has 4 nitrogen and oxygen atoms in total. The van der Waals surface area contributed by atoms with Crippen LogP contribution in [0, 0.1) is 5.41 Å². The summed E-state index contributed by atoms with van der Waals surface area (Å²) >= 11 is 0. The second kappa shape index (κ2) is 5.14. The Morgan fingerprint density at radius 3 is 2.28 bits per heavy atom. The third kappa shape index (κ3) is 2.38. The van der Waals surface area contributed by atoms with Crippen molar-refractivity contribution in [1.82, 2.24) is 4.98 Å². The monoisotopic (exact) mass is 238 g/mol. The van der Waals surface area contributed by atoms with Crippen molar-refractivity contribution in [3.63, 3.8) is 0 Å². The number of ketones is 2. The molecule has 0 bridgehead atoms. The van der Waals surface area contributed by atoms with E-state index in [4.69, 9.17) is 5.41 Å². The molecule has 1 aromatic carbocycles. The fraction of sp³-hybridized carbons (Fsp3) is 0. The van der Waals surface area contributed by atoms with Crippen molar-refractivity contribution in [3.05, 3.63) is 65.5 Å². The summed E-state index contributed by atoms with van der Waals surface area (Å²) in [4.78, 5) is 27.4. The molecule has 0 aliphatic carbocycles. The van der Waals surface area contributed by atoms with Crippen LogP contribution in [0.3, 0.4) is 0 Å². The third-order valence-electron chi connectivity index (χ3n) is 2.40.